The van der Waals surface area contributed by atoms with Gasteiger partial charge in [0.25, 0.3) is 5.69 Å². The van der Waals surface area contributed by atoms with Gasteiger partial charge in [0, 0.05) is 19.2 Å². The summed E-state index contributed by atoms with van der Waals surface area (Å²) in [4.78, 5) is 12.9. The molecule has 2 atom stereocenters. The van der Waals surface area contributed by atoms with Crippen LogP contribution in [0.2, 0.25) is 0 Å². The van der Waals surface area contributed by atoms with Crippen molar-refractivity contribution in [2.75, 3.05) is 31.1 Å². The molecule has 2 saturated heterocycles. The minimum Gasteiger partial charge on any atom is -0.366 e. The summed E-state index contributed by atoms with van der Waals surface area (Å²) in [6.07, 6.45) is 1.06. The summed E-state index contributed by atoms with van der Waals surface area (Å²) in [5.41, 5.74) is 1.01. The first-order valence-corrected chi connectivity index (χ1v) is 6.83. The Morgan fingerprint density at radius 1 is 1.40 bits per heavy atom. The second-order valence-electron chi connectivity index (χ2n) is 5.49. The van der Waals surface area contributed by atoms with E-state index in [1.807, 2.05) is 6.07 Å². The van der Waals surface area contributed by atoms with Crippen molar-refractivity contribution in [2.24, 2.45) is 11.8 Å². The standard InChI is InChI=1S/C14H16N4O2/c15-6-10-1-2-13(14(5-10)18(19)20)17-4-3-11-7-16-8-12(11)9-17/h1-2,5,11-12,16H,3-4,7-9H2. The van der Waals surface area contributed by atoms with E-state index in [0.717, 1.165) is 32.6 Å². The first-order valence-electron chi connectivity index (χ1n) is 6.83. The highest BCUT2D eigenvalue weighted by molar-refractivity contribution is 5.66. The molecule has 1 N–H and O–H groups in total. The minimum absolute atomic E-state index is 0.0356. The first-order chi connectivity index (χ1) is 9.69. The van der Waals surface area contributed by atoms with Crippen molar-refractivity contribution in [3.05, 3.63) is 33.9 Å². The molecule has 2 heterocycles. The van der Waals surface area contributed by atoms with E-state index in [2.05, 4.69) is 10.2 Å². The van der Waals surface area contributed by atoms with Crippen LogP contribution < -0.4 is 10.2 Å². The summed E-state index contributed by atoms with van der Waals surface area (Å²) in [5, 5.41) is 23.5. The molecular formula is C14H16N4O2. The molecule has 6 heteroatoms. The molecule has 0 amide bonds. The fourth-order valence-corrected chi connectivity index (χ4v) is 3.26. The van der Waals surface area contributed by atoms with Gasteiger partial charge in [-0.1, -0.05) is 0 Å². The van der Waals surface area contributed by atoms with E-state index in [-0.39, 0.29) is 5.69 Å². The van der Waals surface area contributed by atoms with Gasteiger partial charge in [-0.25, -0.2) is 0 Å². The van der Waals surface area contributed by atoms with Crippen molar-refractivity contribution in [1.82, 2.24) is 5.32 Å². The number of hydrogen-bond acceptors (Lipinski definition) is 5. The van der Waals surface area contributed by atoms with Gasteiger partial charge in [0.2, 0.25) is 0 Å². The van der Waals surface area contributed by atoms with Crippen molar-refractivity contribution in [3.63, 3.8) is 0 Å². The van der Waals surface area contributed by atoms with Crippen LogP contribution in [0.5, 0.6) is 0 Å². The van der Waals surface area contributed by atoms with Gasteiger partial charge in [0.15, 0.2) is 0 Å². The van der Waals surface area contributed by atoms with Gasteiger partial charge >= 0.3 is 0 Å². The molecule has 2 aliphatic heterocycles. The predicted octanol–water partition coefficient (Wildman–Crippen LogP) is 1.51. The zero-order chi connectivity index (χ0) is 14.1. The van der Waals surface area contributed by atoms with Crippen molar-refractivity contribution >= 4 is 11.4 Å². The van der Waals surface area contributed by atoms with Gasteiger partial charge in [0.1, 0.15) is 5.69 Å². The monoisotopic (exact) mass is 272 g/mol. The van der Waals surface area contributed by atoms with Gasteiger partial charge in [0.05, 0.1) is 16.6 Å². The molecule has 1 aromatic rings. The summed E-state index contributed by atoms with van der Waals surface area (Å²) in [5.74, 6) is 1.27. The Hall–Kier alpha value is -2.13. The summed E-state index contributed by atoms with van der Waals surface area (Å²) in [6, 6.07) is 6.69. The van der Waals surface area contributed by atoms with Crippen LogP contribution in [0.1, 0.15) is 12.0 Å². The SMILES string of the molecule is N#Cc1ccc(N2CCC3CNCC3C2)c([N+](=O)[O-])c1. The van der Waals surface area contributed by atoms with Crippen LogP contribution in [0.4, 0.5) is 11.4 Å². The molecular weight excluding hydrogens is 256 g/mol. The van der Waals surface area contributed by atoms with Crippen LogP contribution >= 0.6 is 0 Å². The van der Waals surface area contributed by atoms with Gasteiger partial charge in [-0.2, -0.15) is 5.26 Å². The summed E-state index contributed by atoms with van der Waals surface area (Å²) in [7, 11) is 0. The Labute approximate surface area is 117 Å². The number of rotatable bonds is 2. The third kappa shape index (κ3) is 2.21. The van der Waals surface area contributed by atoms with Gasteiger partial charge in [-0.15, -0.1) is 0 Å². The fourth-order valence-electron chi connectivity index (χ4n) is 3.26. The van der Waals surface area contributed by atoms with E-state index in [0.29, 0.717) is 23.1 Å². The van der Waals surface area contributed by atoms with Gasteiger partial charge < -0.3 is 10.2 Å². The molecule has 0 radical (unpaired) electrons. The molecule has 2 unspecified atom stereocenters. The number of nitriles is 1. The smallest absolute Gasteiger partial charge is 0.293 e. The maximum Gasteiger partial charge on any atom is 0.293 e. The zero-order valence-corrected chi connectivity index (χ0v) is 11.1. The largest absolute Gasteiger partial charge is 0.366 e. The van der Waals surface area contributed by atoms with Crippen LogP contribution in [-0.2, 0) is 0 Å². The average molecular weight is 272 g/mol. The lowest BCUT2D eigenvalue weighted by Gasteiger charge is -2.35. The predicted molar refractivity (Wildman–Crippen MR) is 74.5 cm³/mol. The number of piperidine rings is 1. The van der Waals surface area contributed by atoms with Crippen molar-refractivity contribution < 1.29 is 4.92 Å². The second-order valence-corrected chi connectivity index (χ2v) is 5.49. The molecule has 0 spiro atoms. The molecule has 104 valence electrons. The Morgan fingerprint density at radius 2 is 2.20 bits per heavy atom. The highest BCUT2D eigenvalue weighted by atomic mass is 16.6. The molecule has 0 saturated carbocycles. The van der Waals surface area contributed by atoms with E-state index in [4.69, 9.17) is 5.26 Å². The van der Waals surface area contributed by atoms with Crippen LogP contribution in [-0.4, -0.2) is 31.1 Å². The lowest BCUT2D eigenvalue weighted by molar-refractivity contribution is -0.384. The van der Waals surface area contributed by atoms with Gasteiger partial charge in [-0.05, 0) is 43.5 Å². The highest BCUT2D eigenvalue weighted by Crippen LogP contribution is 2.35. The molecule has 20 heavy (non-hydrogen) atoms. The molecule has 0 aliphatic carbocycles. The molecule has 6 nitrogen and oxygen atoms in total. The Balaban J connectivity index is 1.90. The maximum absolute atomic E-state index is 11.2. The van der Waals surface area contributed by atoms with Crippen LogP contribution in [0.15, 0.2) is 18.2 Å². The van der Waals surface area contributed by atoms with Crippen LogP contribution in [0, 0.1) is 33.3 Å². The van der Waals surface area contributed by atoms with Crippen LogP contribution in [0.25, 0.3) is 0 Å². The summed E-state index contributed by atoms with van der Waals surface area (Å²) < 4.78 is 0. The second kappa shape index (κ2) is 5.10. The molecule has 3 rings (SSSR count). The lowest BCUT2D eigenvalue weighted by atomic mass is 9.88. The maximum atomic E-state index is 11.2. The minimum atomic E-state index is -0.394. The van der Waals surface area contributed by atoms with Crippen LogP contribution in [0.3, 0.4) is 0 Å². The normalized spacial score (nSPS) is 25.1. The third-order valence-corrected chi connectivity index (χ3v) is 4.35. The molecule has 0 aromatic heterocycles. The topological polar surface area (TPSA) is 82.2 Å². The lowest BCUT2D eigenvalue weighted by Crippen LogP contribution is -2.40. The van der Waals surface area contributed by atoms with Crippen molar-refractivity contribution in [1.29, 1.82) is 5.26 Å². The fraction of sp³-hybridized carbons (Fsp3) is 0.500. The van der Waals surface area contributed by atoms with E-state index in [1.54, 1.807) is 12.1 Å². The number of nitro groups is 1. The Morgan fingerprint density at radius 3 is 2.95 bits per heavy atom. The van der Waals surface area contributed by atoms with E-state index in [1.165, 1.54) is 6.07 Å². The highest BCUT2D eigenvalue weighted by Gasteiger charge is 2.34. The number of benzene rings is 1. The Kier molecular flexibility index (Phi) is 3.28. The van der Waals surface area contributed by atoms with E-state index >= 15 is 0 Å². The number of anilines is 1. The van der Waals surface area contributed by atoms with Crippen molar-refractivity contribution in [3.8, 4) is 6.07 Å². The molecule has 2 aliphatic rings. The van der Waals surface area contributed by atoms with Gasteiger partial charge in [-0.3, -0.25) is 10.1 Å². The first kappa shape index (κ1) is 12.9. The Bertz CT molecular complexity index is 581. The van der Waals surface area contributed by atoms with Crippen molar-refractivity contribution in [2.45, 2.75) is 6.42 Å². The van der Waals surface area contributed by atoms with E-state index < -0.39 is 4.92 Å². The number of fused-ring (bicyclic) bond motifs is 1. The number of nitrogens with one attached hydrogen (secondary N) is 1. The quantitative estimate of drug-likeness (QED) is 0.652. The number of hydrogen-bond donors (Lipinski definition) is 1. The average Bonchev–Trinajstić information content (AvgIpc) is 2.93. The van der Waals surface area contributed by atoms with E-state index in [9.17, 15) is 10.1 Å². The third-order valence-electron chi connectivity index (χ3n) is 4.35. The summed E-state index contributed by atoms with van der Waals surface area (Å²) >= 11 is 0. The zero-order valence-electron chi connectivity index (χ0n) is 11.1. The molecule has 1 aromatic carbocycles. The molecule has 0 bridgehead atoms. The summed E-state index contributed by atoms with van der Waals surface area (Å²) in [6.45, 7) is 3.75. The number of nitrogens with zero attached hydrogens (tertiary/aromatic N) is 3. The molecule has 2 fully saturated rings. The number of nitro benzene ring substituents is 1.